The zero-order chi connectivity index (χ0) is 8.60. The first-order valence-corrected chi connectivity index (χ1v) is 5.64. The predicted octanol–water partition coefficient (Wildman–Crippen LogP) is 2.23. The van der Waals surface area contributed by atoms with Crippen LogP contribution < -0.4 is 0 Å². The first kappa shape index (κ1) is 9.21. The van der Waals surface area contributed by atoms with Gasteiger partial charge in [-0.15, -0.1) is 0 Å². The molecule has 0 amide bonds. The molecule has 2 fully saturated rings. The highest BCUT2D eigenvalue weighted by Crippen LogP contribution is 2.50. The molecule has 0 aromatic heterocycles. The van der Waals surface area contributed by atoms with Gasteiger partial charge in [0.05, 0.1) is 6.10 Å². The minimum atomic E-state index is 0.575. The second kappa shape index (κ2) is 3.42. The van der Waals surface area contributed by atoms with E-state index in [2.05, 4.69) is 26.0 Å². The lowest BCUT2D eigenvalue weighted by molar-refractivity contribution is -0.0786. The maximum absolute atomic E-state index is 5.33. The van der Waals surface area contributed by atoms with Crippen molar-refractivity contribution in [2.45, 2.75) is 31.8 Å². The predicted molar refractivity (Wildman–Crippen MR) is 57.3 cm³/mol. The third-order valence-electron chi connectivity index (χ3n) is 3.42. The number of hydrogen-bond donors (Lipinski definition) is 0. The summed E-state index contributed by atoms with van der Waals surface area (Å²) in [4.78, 5) is 0. The molecule has 0 unspecified atom stereocenters. The van der Waals surface area contributed by atoms with Crippen molar-refractivity contribution in [2.75, 3.05) is 20.2 Å². The van der Waals surface area contributed by atoms with E-state index in [1.54, 1.807) is 0 Å². The van der Waals surface area contributed by atoms with Crippen LogP contribution >= 0.6 is 22.9 Å². The molecule has 0 aromatic carbocycles. The molecule has 70 valence electrons. The molecule has 1 saturated carbocycles. The van der Waals surface area contributed by atoms with Crippen LogP contribution in [0.3, 0.4) is 0 Å². The lowest BCUT2D eigenvalue weighted by atomic mass is 9.62. The highest BCUT2D eigenvalue weighted by Gasteiger charge is 2.45. The van der Waals surface area contributed by atoms with E-state index in [0.29, 0.717) is 11.5 Å². The van der Waals surface area contributed by atoms with Crippen molar-refractivity contribution in [3.05, 3.63) is 0 Å². The molecular weight excluding hydrogens is 265 g/mol. The average molecular weight is 281 g/mol. The Kier molecular flexibility index (Phi) is 2.63. The Morgan fingerprint density at radius 2 is 1.92 bits per heavy atom. The van der Waals surface area contributed by atoms with Crippen LogP contribution in [0.2, 0.25) is 0 Å². The van der Waals surface area contributed by atoms with Crippen LogP contribution in [-0.4, -0.2) is 29.4 Å². The van der Waals surface area contributed by atoms with Crippen molar-refractivity contribution in [1.82, 2.24) is 3.11 Å². The molecule has 3 heteroatoms. The Hall–Kier alpha value is 0.650. The van der Waals surface area contributed by atoms with Gasteiger partial charge in [-0.05, 0) is 31.1 Å². The fraction of sp³-hybridized carbons (Fsp3) is 1.00. The molecule has 12 heavy (non-hydrogen) atoms. The first-order chi connectivity index (χ1) is 5.74. The molecule has 2 nitrogen and oxygen atoms in total. The summed E-state index contributed by atoms with van der Waals surface area (Å²) in [5.41, 5.74) is 0.683. The number of methoxy groups -OCH3 is 1. The van der Waals surface area contributed by atoms with E-state index >= 15 is 0 Å². The van der Waals surface area contributed by atoms with E-state index in [-0.39, 0.29) is 0 Å². The molecule has 2 rings (SSSR count). The molecule has 1 spiro atoms. The summed E-state index contributed by atoms with van der Waals surface area (Å²) >= 11 is 2.43. The summed E-state index contributed by atoms with van der Waals surface area (Å²) in [5.74, 6) is 0. The summed E-state index contributed by atoms with van der Waals surface area (Å²) in [6.45, 7) is 2.55. The molecule has 1 saturated heterocycles. The zero-order valence-corrected chi connectivity index (χ0v) is 9.71. The van der Waals surface area contributed by atoms with Crippen LogP contribution in [0.4, 0.5) is 0 Å². The number of piperidine rings is 1. The summed E-state index contributed by atoms with van der Waals surface area (Å²) in [6.07, 6.45) is 5.97. The highest BCUT2D eigenvalue weighted by molar-refractivity contribution is 14.1. The standard InChI is InChI=1S/C9H16INO/c1-12-8-6-9(7-8)2-4-11(10)5-3-9/h8H,2-7H2,1H3. The lowest BCUT2D eigenvalue weighted by Gasteiger charge is -2.50. The summed E-state index contributed by atoms with van der Waals surface area (Å²) in [5, 5.41) is 0. The van der Waals surface area contributed by atoms with Crippen LogP contribution in [0.1, 0.15) is 25.7 Å². The van der Waals surface area contributed by atoms with Gasteiger partial charge in [-0.2, -0.15) is 0 Å². The molecule has 0 N–H and O–H groups in total. The molecule has 0 radical (unpaired) electrons. The Balaban J connectivity index is 1.83. The Morgan fingerprint density at radius 3 is 2.42 bits per heavy atom. The monoisotopic (exact) mass is 281 g/mol. The maximum atomic E-state index is 5.33. The number of ether oxygens (including phenoxy) is 1. The third kappa shape index (κ3) is 1.63. The number of nitrogens with zero attached hydrogens (tertiary/aromatic N) is 1. The van der Waals surface area contributed by atoms with E-state index < -0.39 is 0 Å². The lowest BCUT2D eigenvalue weighted by Crippen LogP contribution is -2.47. The normalized spacial score (nSPS) is 30.5. The van der Waals surface area contributed by atoms with Gasteiger partial charge in [-0.3, -0.25) is 0 Å². The van der Waals surface area contributed by atoms with Crippen LogP contribution in [0.5, 0.6) is 0 Å². The van der Waals surface area contributed by atoms with Crippen LogP contribution in [0.15, 0.2) is 0 Å². The molecule has 1 heterocycles. The molecule has 0 aromatic rings. The van der Waals surface area contributed by atoms with Gasteiger partial charge in [-0.1, -0.05) is 0 Å². The fourth-order valence-electron chi connectivity index (χ4n) is 2.43. The quantitative estimate of drug-likeness (QED) is 0.540. The Morgan fingerprint density at radius 1 is 1.33 bits per heavy atom. The van der Waals surface area contributed by atoms with Gasteiger partial charge in [0.2, 0.25) is 0 Å². The van der Waals surface area contributed by atoms with Crippen LogP contribution in [0.25, 0.3) is 0 Å². The van der Waals surface area contributed by atoms with Crippen molar-refractivity contribution < 1.29 is 4.74 Å². The van der Waals surface area contributed by atoms with Crippen molar-refractivity contribution in [2.24, 2.45) is 5.41 Å². The fourth-order valence-corrected chi connectivity index (χ4v) is 2.92. The van der Waals surface area contributed by atoms with E-state index in [0.717, 1.165) is 0 Å². The van der Waals surface area contributed by atoms with E-state index in [4.69, 9.17) is 4.74 Å². The van der Waals surface area contributed by atoms with E-state index in [1.807, 2.05) is 7.11 Å². The third-order valence-corrected chi connectivity index (χ3v) is 4.39. The number of rotatable bonds is 1. The molecule has 1 aliphatic heterocycles. The number of hydrogen-bond acceptors (Lipinski definition) is 2. The highest BCUT2D eigenvalue weighted by atomic mass is 127. The van der Waals surface area contributed by atoms with Gasteiger partial charge >= 0.3 is 0 Å². The Bertz CT molecular complexity index is 150. The first-order valence-electron chi connectivity index (χ1n) is 4.68. The second-order valence-corrected chi connectivity index (χ2v) is 5.54. The SMILES string of the molecule is COC1CC2(CCN(I)CC2)C1. The smallest absolute Gasteiger partial charge is 0.0582 e. The minimum Gasteiger partial charge on any atom is -0.381 e. The summed E-state index contributed by atoms with van der Waals surface area (Å²) in [6, 6.07) is 0. The van der Waals surface area contributed by atoms with E-state index in [9.17, 15) is 0 Å². The van der Waals surface area contributed by atoms with Crippen LogP contribution in [0, 0.1) is 5.41 Å². The van der Waals surface area contributed by atoms with Crippen molar-refractivity contribution in [3.8, 4) is 0 Å². The summed E-state index contributed by atoms with van der Waals surface area (Å²) in [7, 11) is 1.84. The van der Waals surface area contributed by atoms with Crippen molar-refractivity contribution in [3.63, 3.8) is 0 Å². The van der Waals surface area contributed by atoms with Gasteiger partial charge < -0.3 is 4.74 Å². The van der Waals surface area contributed by atoms with Gasteiger partial charge in [0.1, 0.15) is 0 Å². The van der Waals surface area contributed by atoms with Gasteiger partial charge in [-0.25, -0.2) is 3.11 Å². The topological polar surface area (TPSA) is 12.5 Å². The average Bonchev–Trinajstić information content (AvgIpc) is 2.02. The summed E-state index contributed by atoms with van der Waals surface area (Å²) < 4.78 is 7.73. The molecule has 0 bridgehead atoms. The maximum Gasteiger partial charge on any atom is 0.0582 e. The zero-order valence-electron chi connectivity index (χ0n) is 7.55. The largest absolute Gasteiger partial charge is 0.381 e. The van der Waals surface area contributed by atoms with Crippen molar-refractivity contribution >= 4 is 22.9 Å². The minimum absolute atomic E-state index is 0.575. The van der Waals surface area contributed by atoms with Crippen molar-refractivity contribution in [1.29, 1.82) is 0 Å². The molecule has 0 atom stereocenters. The van der Waals surface area contributed by atoms with Gasteiger partial charge in [0.25, 0.3) is 0 Å². The van der Waals surface area contributed by atoms with E-state index in [1.165, 1.54) is 38.8 Å². The molecule has 1 aliphatic carbocycles. The Labute approximate surface area is 88.1 Å². The van der Waals surface area contributed by atoms with Gasteiger partial charge in [0, 0.05) is 43.1 Å². The van der Waals surface area contributed by atoms with Crippen LogP contribution in [-0.2, 0) is 4.74 Å². The number of halogens is 1. The van der Waals surface area contributed by atoms with Gasteiger partial charge in [0.15, 0.2) is 0 Å². The molecule has 2 aliphatic rings. The molecular formula is C9H16INO. The second-order valence-electron chi connectivity index (χ2n) is 4.18.